The summed E-state index contributed by atoms with van der Waals surface area (Å²) in [7, 11) is 0. The maximum absolute atomic E-state index is 11.6. The molecule has 1 amide bonds. The molecule has 0 fully saturated rings. The van der Waals surface area contributed by atoms with Crippen molar-refractivity contribution in [2.75, 3.05) is 5.32 Å². The minimum absolute atomic E-state index is 0. The third-order valence-corrected chi connectivity index (χ3v) is 2.31. The van der Waals surface area contributed by atoms with E-state index < -0.39 is 6.04 Å². The molecule has 0 aliphatic heterocycles. The summed E-state index contributed by atoms with van der Waals surface area (Å²) < 4.78 is 0. The normalized spacial score (nSPS) is 11.8. The Balaban J connectivity index is 0.00000225. The topological polar surface area (TPSA) is 55.1 Å². The molecule has 0 radical (unpaired) electrons. The fourth-order valence-corrected chi connectivity index (χ4v) is 1.25. The van der Waals surface area contributed by atoms with Crippen LogP contribution in [0, 0.1) is 12.8 Å². The summed E-state index contributed by atoms with van der Waals surface area (Å²) in [4.78, 5) is 11.6. The molecular weight excluding hydrogens is 224 g/mol. The Morgan fingerprint density at radius 3 is 2.50 bits per heavy atom. The van der Waals surface area contributed by atoms with E-state index in [0.29, 0.717) is 0 Å². The molecule has 1 rings (SSSR count). The van der Waals surface area contributed by atoms with E-state index in [4.69, 9.17) is 5.73 Å². The van der Waals surface area contributed by atoms with Gasteiger partial charge in [-0.25, -0.2) is 0 Å². The second kappa shape index (κ2) is 6.51. The maximum Gasteiger partial charge on any atom is 0.241 e. The van der Waals surface area contributed by atoms with Crippen molar-refractivity contribution in [1.82, 2.24) is 0 Å². The van der Waals surface area contributed by atoms with Gasteiger partial charge in [-0.1, -0.05) is 26.0 Å². The summed E-state index contributed by atoms with van der Waals surface area (Å²) in [5, 5.41) is 2.80. The molecule has 90 valence electrons. The van der Waals surface area contributed by atoms with Gasteiger partial charge >= 0.3 is 0 Å². The number of hydrogen-bond donors (Lipinski definition) is 2. The number of carbonyl (C=O) groups is 1. The summed E-state index contributed by atoms with van der Waals surface area (Å²) in [6.07, 6.45) is 0. The van der Waals surface area contributed by atoms with E-state index in [0.717, 1.165) is 11.3 Å². The number of amides is 1. The molecule has 3 N–H and O–H groups in total. The van der Waals surface area contributed by atoms with Crippen LogP contribution in [-0.4, -0.2) is 11.9 Å². The van der Waals surface area contributed by atoms with Crippen molar-refractivity contribution in [1.29, 1.82) is 0 Å². The van der Waals surface area contributed by atoms with Gasteiger partial charge in [0.1, 0.15) is 0 Å². The Bertz CT molecular complexity index is 353. The second-order valence-corrected chi connectivity index (χ2v) is 4.13. The maximum atomic E-state index is 11.6. The fraction of sp³-hybridized carbons (Fsp3) is 0.417. The highest BCUT2D eigenvalue weighted by molar-refractivity contribution is 5.94. The van der Waals surface area contributed by atoms with Crippen molar-refractivity contribution in [2.24, 2.45) is 11.7 Å². The van der Waals surface area contributed by atoms with Gasteiger partial charge in [-0.3, -0.25) is 4.79 Å². The number of rotatable bonds is 3. The SMILES string of the molecule is Cc1cccc(NC(=O)C(N)C(C)C)c1.Cl. The van der Waals surface area contributed by atoms with Crippen LogP contribution in [0.4, 0.5) is 5.69 Å². The molecule has 16 heavy (non-hydrogen) atoms. The summed E-state index contributed by atoms with van der Waals surface area (Å²) in [6, 6.07) is 7.22. The Morgan fingerprint density at radius 1 is 1.38 bits per heavy atom. The number of carbonyl (C=O) groups excluding carboxylic acids is 1. The van der Waals surface area contributed by atoms with Crippen molar-refractivity contribution < 1.29 is 4.79 Å². The van der Waals surface area contributed by atoms with Gasteiger partial charge < -0.3 is 11.1 Å². The number of hydrogen-bond acceptors (Lipinski definition) is 2. The molecule has 3 nitrogen and oxygen atoms in total. The summed E-state index contributed by atoms with van der Waals surface area (Å²) in [6.45, 7) is 5.85. The Labute approximate surface area is 103 Å². The van der Waals surface area contributed by atoms with Crippen molar-refractivity contribution >= 4 is 24.0 Å². The quantitative estimate of drug-likeness (QED) is 0.855. The van der Waals surface area contributed by atoms with E-state index in [2.05, 4.69) is 5.32 Å². The van der Waals surface area contributed by atoms with Crippen LogP contribution in [0.25, 0.3) is 0 Å². The molecule has 0 bridgehead atoms. The second-order valence-electron chi connectivity index (χ2n) is 4.13. The van der Waals surface area contributed by atoms with Crippen LogP contribution in [0.5, 0.6) is 0 Å². The van der Waals surface area contributed by atoms with E-state index in [9.17, 15) is 4.79 Å². The average Bonchev–Trinajstić information content (AvgIpc) is 2.16. The molecule has 1 atom stereocenters. The molecule has 0 aromatic heterocycles. The molecular formula is C12H19ClN2O. The Morgan fingerprint density at radius 2 is 2.00 bits per heavy atom. The first-order valence-corrected chi connectivity index (χ1v) is 5.14. The predicted octanol–water partition coefficient (Wildman–Crippen LogP) is 2.34. The first-order chi connectivity index (χ1) is 7.00. The highest BCUT2D eigenvalue weighted by Crippen LogP contribution is 2.10. The van der Waals surface area contributed by atoms with Gasteiger partial charge in [0.2, 0.25) is 5.91 Å². The van der Waals surface area contributed by atoms with Gasteiger partial charge in [0.25, 0.3) is 0 Å². The van der Waals surface area contributed by atoms with Crippen LogP contribution in [0.1, 0.15) is 19.4 Å². The van der Waals surface area contributed by atoms with Crippen molar-refractivity contribution in [2.45, 2.75) is 26.8 Å². The molecule has 1 aromatic carbocycles. The third kappa shape index (κ3) is 4.21. The van der Waals surface area contributed by atoms with E-state index >= 15 is 0 Å². The number of anilines is 1. The smallest absolute Gasteiger partial charge is 0.241 e. The third-order valence-electron chi connectivity index (χ3n) is 2.31. The van der Waals surface area contributed by atoms with E-state index in [1.54, 1.807) is 0 Å². The first kappa shape index (κ1) is 14.9. The molecule has 1 unspecified atom stereocenters. The molecule has 0 aliphatic rings. The van der Waals surface area contributed by atoms with Crippen molar-refractivity contribution in [3.8, 4) is 0 Å². The van der Waals surface area contributed by atoms with Gasteiger partial charge in [-0.2, -0.15) is 0 Å². The zero-order chi connectivity index (χ0) is 11.4. The van der Waals surface area contributed by atoms with E-state index in [1.165, 1.54) is 0 Å². The molecule has 1 aromatic rings. The first-order valence-electron chi connectivity index (χ1n) is 5.14. The average molecular weight is 243 g/mol. The van der Waals surface area contributed by atoms with Crippen LogP contribution >= 0.6 is 12.4 Å². The summed E-state index contributed by atoms with van der Waals surface area (Å²) in [5.41, 5.74) is 7.65. The Kier molecular flexibility index (Phi) is 6.08. The predicted molar refractivity (Wildman–Crippen MR) is 69.9 cm³/mol. The number of benzene rings is 1. The number of nitrogens with one attached hydrogen (secondary N) is 1. The van der Waals surface area contributed by atoms with Gasteiger partial charge in [-0.05, 0) is 30.5 Å². The highest BCUT2D eigenvalue weighted by Gasteiger charge is 2.16. The Hall–Kier alpha value is -1.06. The lowest BCUT2D eigenvalue weighted by molar-refractivity contribution is -0.118. The lowest BCUT2D eigenvalue weighted by atomic mass is 10.0. The zero-order valence-electron chi connectivity index (χ0n) is 9.86. The summed E-state index contributed by atoms with van der Waals surface area (Å²) in [5.74, 6) is 0.0189. The number of nitrogens with two attached hydrogens (primary N) is 1. The molecule has 0 saturated carbocycles. The van der Waals surface area contributed by atoms with Gasteiger partial charge in [0.05, 0.1) is 6.04 Å². The van der Waals surface area contributed by atoms with Crippen LogP contribution in [0.2, 0.25) is 0 Å². The summed E-state index contributed by atoms with van der Waals surface area (Å²) >= 11 is 0. The van der Waals surface area contributed by atoms with Crippen LogP contribution in [0.3, 0.4) is 0 Å². The minimum Gasteiger partial charge on any atom is -0.325 e. The van der Waals surface area contributed by atoms with Crippen LogP contribution in [0.15, 0.2) is 24.3 Å². The minimum atomic E-state index is -0.453. The van der Waals surface area contributed by atoms with Crippen LogP contribution in [-0.2, 0) is 4.79 Å². The fourth-order valence-electron chi connectivity index (χ4n) is 1.25. The van der Waals surface area contributed by atoms with Crippen molar-refractivity contribution in [3.05, 3.63) is 29.8 Å². The molecule has 0 spiro atoms. The zero-order valence-corrected chi connectivity index (χ0v) is 10.7. The molecule has 4 heteroatoms. The van der Waals surface area contributed by atoms with Gasteiger partial charge in [0.15, 0.2) is 0 Å². The standard InChI is InChI=1S/C12H18N2O.ClH/c1-8(2)11(13)12(15)14-10-6-4-5-9(3)7-10;/h4-8,11H,13H2,1-3H3,(H,14,15);1H. The van der Waals surface area contributed by atoms with E-state index in [-0.39, 0.29) is 24.2 Å². The monoisotopic (exact) mass is 242 g/mol. The lowest BCUT2D eigenvalue weighted by Crippen LogP contribution is -2.39. The van der Waals surface area contributed by atoms with Crippen molar-refractivity contribution in [3.63, 3.8) is 0 Å². The number of aryl methyl sites for hydroxylation is 1. The van der Waals surface area contributed by atoms with Gasteiger partial charge in [0, 0.05) is 5.69 Å². The molecule has 0 aliphatic carbocycles. The molecule has 0 saturated heterocycles. The highest BCUT2D eigenvalue weighted by atomic mass is 35.5. The largest absolute Gasteiger partial charge is 0.325 e. The van der Waals surface area contributed by atoms with Gasteiger partial charge in [-0.15, -0.1) is 12.4 Å². The van der Waals surface area contributed by atoms with Crippen LogP contribution < -0.4 is 11.1 Å². The molecule has 0 heterocycles. The number of halogens is 1. The lowest BCUT2D eigenvalue weighted by Gasteiger charge is -2.15. The van der Waals surface area contributed by atoms with E-state index in [1.807, 2.05) is 45.0 Å².